The molecule has 0 radical (unpaired) electrons. The molecular formula is C7H17N3O3S. The van der Waals surface area contributed by atoms with E-state index >= 15 is 0 Å². The number of likely N-dealkylation sites (N-methyl/N-ethyl adjacent to an activating group) is 1. The van der Waals surface area contributed by atoms with Crippen molar-refractivity contribution in [2.24, 2.45) is 5.73 Å². The molecule has 7 heteroatoms. The van der Waals surface area contributed by atoms with E-state index in [9.17, 15) is 13.2 Å². The van der Waals surface area contributed by atoms with E-state index in [0.717, 1.165) is 0 Å². The van der Waals surface area contributed by atoms with Crippen molar-refractivity contribution < 1.29 is 13.2 Å². The van der Waals surface area contributed by atoms with Crippen LogP contribution in [0.15, 0.2) is 0 Å². The molecule has 0 aromatic rings. The second kappa shape index (κ2) is 6.74. The van der Waals surface area contributed by atoms with Crippen LogP contribution in [-0.4, -0.2) is 39.7 Å². The molecule has 0 fully saturated rings. The Morgan fingerprint density at radius 1 is 1.43 bits per heavy atom. The number of carbonyl (C=O) groups excluding carboxylic acids is 1. The van der Waals surface area contributed by atoms with E-state index in [0.29, 0.717) is 19.5 Å². The summed E-state index contributed by atoms with van der Waals surface area (Å²) in [6.07, 6.45) is 0.394. The molecule has 0 rings (SSSR count). The molecule has 0 aliphatic rings. The Labute approximate surface area is 84.3 Å². The zero-order valence-electron chi connectivity index (χ0n) is 8.25. The molecule has 0 bridgehead atoms. The monoisotopic (exact) mass is 223 g/mol. The molecule has 4 N–H and O–H groups in total. The highest BCUT2D eigenvalue weighted by molar-refractivity contribution is 7.89. The number of nitrogens with one attached hydrogen (secondary N) is 2. The lowest BCUT2D eigenvalue weighted by atomic mass is 10.5. The first kappa shape index (κ1) is 13.3. The fraction of sp³-hybridized carbons (Fsp3) is 0.857. The van der Waals surface area contributed by atoms with Gasteiger partial charge in [0.15, 0.2) is 0 Å². The maximum absolute atomic E-state index is 11.2. The van der Waals surface area contributed by atoms with Crippen LogP contribution in [0.3, 0.4) is 0 Å². The smallest absolute Gasteiger partial charge is 0.235 e. The molecule has 0 atom stereocenters. The third-order valence-electron chi connectivity index (χ3n) is 1.44. The van der Waals surface area contributed by atoms with Crippen LogP contribution in [0, 0.1) is 0 Å². The Morgan fingerprint density at radius 3 is 2.57 bits per heavy atom. The minimum Gasteiger partial charge on any atom is -0.355 e. The Bertz CT molecular complexity index is 263. The predicted molar refractivity (Wildman–Crippen MR) is 54.1 cm³/mol. The van der Waals surface area contributed by atoms with Gasteiger partial charge in [-0.2, -0.15) is 0 Å². The van der Waals surface area contributed by atoms with Gasteiger partial charge in [-0.1, -0.05) is 0 Å². The van der Waals surface area contributed by atoms with Crippen molar-refractivity contribution in [2.45, 2.75) is 13.3 Å². The molecule has 0 unspecified atom stereocenters. The number of carbonyl (C=O) groups is 1. The van der Waals surface area contributed by atoms with E-state index in [1.165, 1.54) is 0 Å². The standard InChI is InChI=1S/C7H17N3O3S/c1-2-9-7(11)6-10-14(12,13)5-3-4-8/h10H,2-6,8H2,1H3,(H,9,11). The summed E-state index contributed by atoms with van der Waals surface area (Å²) in [5.74, 6) is -0.369. The molecule has 1 amide bonds. The summed E-state index contributed by atoms with van der Waals surface area (Å²) < 4.78 is 24.5. The Hall–Kier alpha value is -0.660. The van der Waals surface area contributed by atoms with Gasteiger partial charge in [0.2, 0.25) is 15.9 Å². The zero-order chi connectivity index (χ0) is 11.0. The summed E-state index contributed by atoms with van der Waals surface area (Å²) in [4.78, 5) is 10.9. The van der Waals surface area contributed by atoms with Crippen molar-refractivity contribution in [3.63, 3.8) is 0 Å². The van der Waals surface area contributed by atoms with E-state index in [-0.39, 0.29) is 18.2 Å². The lowest BCUT2D eigenvalue weighted by Crippen LogP contribution is -2.38. The van der Waals surface area contributed by atoms with Crippen molar-refractivity contribution in [2.75, 3.05) is 25.4 Å². The van der Waals surface area contributed by atoms with Gasteiger partial charge in [0.25, 0.3) is 0 Å². The van der Waals surface area contributed by atoms with Crippen LogP contribution in [0.1, 0.15) is 13.3 Å². The lowest BCUT2D eigenvalue weighted by molar-refractivity contribution is -0.119. The van der Waals surface area contributed by atoms with Crippen LogP contribution in [0.5, 0.6) is 0 Å². The topological polar surface area (TPSA) is 101 Å². The van der Waals surface area contributed by atoms with Crippen molar-refractivity contribution >= 4 is 15.9 Å². The van der Waals surface area contributed by atoms with Gasteiger partial charge in [-0.3, -0.25) is 4.79 Å². The third kappa shape index (κ3) is 6.81. The van der Waals surface area contributed by atoms with Gasteiger partial charge in [0, 0.05) is 6.54 Å². The van der Waals surface area contributed by atoms with E-state index in [2.05, 4.69) is 10.0 Å². The van der Waals surface area contributed by atoms with Gasteiger partial charge in [0.05, 0.1) is 12.3 Å². The second-order valence-corrected chi connectivity index (χ2v) is 4.66. The largest absolute Gasteiger partial charge is 0.355 e. The van der Waals surface area contributed by atoms with E-state index in [1.54, 1.807) is 6.92 Å². The first-order valence-electron chi connectivity index (χ1n) is 4.46. The molecule has 84 valence electrons. The first-order valence-corrected chi connectivity index (χ1v) is 6.11. The van der Waals surface area contributed by atoms with Crippen LogP contribution in [-0.2, 0) is 14.8 Å². The maximum Gasteiger partial charge on any atom is 0.235 e. The number of hydrogen-bond acceptors (Lipinski definition) is 4. The zero-order valence-corrected chi connectivity index (χ0v) is 9.06. The molecule has 0 aliphatic heterocycles. The fourth-order valence-electron chi connectivity index (χ4n) is 0.781. The fourth-order valence-corrected chi connectivity index (χ4v) is 1.82. The van der Waals surface area contributed by atoms with E-state index in [4.69, 9.17) is 5.73 Å². The molecule has 14 heavy (non-hydrogen) atoms. The number of rotatable bonds is 7. The van der Waals surface area contributed by atoms with Crippen LogP contribution in [0.25, 0.3) is 0 Å². The number of nitrogens with two attached hydrogens (primary N) is 1. The molecule has 6 nitrogen and oxygen atoms in total. The number of hydrogen-bond donors (Lipinski definition) is 3. The SMILES string of the molecule is CCNC(=O)CNS(=O)(=O)CCCN. The van der Waals surface area contributed by atoms with Crippen LogP contribution in [0.4, 0.5) is 0 Å². The normalized spacial score (nSPS) is 11.3. The summed E-state index contributed by atoms with van der Waals surface area (Å²) in [5.41, 5.74) is 5.17. The van der Waals surface area contributed by atoms with Crippen LogP contribution in [0.2, 0.25) is 0 Å². The minimum atomic E-state index is -3.35. The Morgan fingerprint density at radius 2 is 2.07 bits per heavy atom. The summed E-state index contributed by atoms with van der Waals surface area (Å²) >= 11 is 0. The summed E-state index contributed by atoms with van der Waals surface area (Å²) in [6.45, 7) is 2.37. The lowest BCUT2D eigenvalue weighted by Gasteiger charge is -2.05. The van der Waals surface area contributed by atoms with Crippen LogP contribution >= 0.6 is 0 Å². The average molecular weight is 223 g/mol. The highest BCUT2D eigenvalue weighted by atomic mass is 32.2. The van der Waals surface area contributed by atoms with Gasteiger partial charge >= 0.3 is 0 Å². The van der Waals surface area contributed by atoms with Gasteiger partial charge in [-0.15, -0.1) is 0 Å². The Kier molecular flexibility index (Phi) is 6.43. The molecule has 0 aromatic carbocycles. The molecule has 0 heterocycles. The van der Waals surface area contributed by atoms with Crippen molar-refractivity contribution in [3.05, 3.63) is 0 Å². The van der Waals surface area contributed by atoms with Crippen molar-refractivity contribution in [1.29, 1.82) is 0 Å². The van der Waals surface area contributed by atoms with Gasteiger partial charge in [-0.25, -0.2) is 13.1 Å². The predicted octanol–water partition coefficient (Wildman–Crippen LogP) is -1.61. The highest BCUT2D eigenvalue weighted by Gasteiger charge is 2.10. The Balaban J connectivity index is 3.81. The molecular weight excluding hydrogens is 206 g/mol. The van der Waals surface area contributed by atoms with Gasteiger partial charge in [0.1, 0.15) is 0 Å². The van der Waals surface area contributed by atoms with E-state index < -0.39 is 10.0 Å². The second-order valence-electron chi connectivity index (χ2n) is 2.74. The van der Waals surface area contributed by atoms with Crippen LogP contribution < -0.4 is 15.8 Å². The molecule has 0 aliphatic carbocycles. The summed E-state index contributed by atoms with van der Waals surface area (Å²) in [6, 6.07) is 0. The van der Waals surface area contributed by atoms with Crippen molar-refractivity contribution in [3.8, 4) is 0 Å². The number of sulfonamides is 1. The number of amides is 1. The average Bonchev–Trinajstić information content (AvgIpc) is 2.13. The highest BCUT2D eigenvalue weighted by Crippen LogP contribution is 1.86. The first-order chi connectivity index (χ1) is 6.52. The summed E-state index contributed by atoms with van der Waals surface area (Å²) in [7, 11) is -3.35. The van der Waals surface area contributed by atoms with Gasteiger partial charge < -0.3 is 11.1 Å². The third-order valence-corrected chi connectivity index (χ3v) is 2.85. The van der Waals surface area contributed by atoms with Crippen molar-refractivity contribution in [1.82, 2.24) is 10.0 Å². The summed E-state index contributed by atoms with van der Waals surface area (Å²) in [5, 5.41) is 2.48. The molecule has 0 spiro atoms. The molecule has 0 saturated carbocycles. The minimum absolute atomic E-state index is 0.0388. The molecule has 0 saturated heterocycles. The van der Waals surface area contributed by atoms with Gasteiger partial charge in [-0.05, 0) is 19.9 Å². The maximum atomic E-state index is 11.2. The quantitative estimate of drug-likeness (QED) is 0.483. The molecule has 0 aromatic heterocycles. The van der Waals surface area contributed by atoms with E-state index in [1.807, 2.05) is 0 Å².